The number of anilines is 1. The zero-order valence-corrected chi connectivity index (χ0v) is 21.4. The number of cyclic esters (lactones) is 1. The van der Waals surface area contributed by atoms with Gasteiger partial charge in [-0.3, -0.25) is 9.69 Å². The first-order valence-electron chi connectivity index (χ1n) is 11.9. The second-order valence-corrected chi connectivity index (χ2v) is 9.31. The van der Waals surface area contributed by atoms with Crippen molar-refractivity contribution in [2.75, 3.05) is 38.3 Å². The Morgan fingerprint density at radius 2 is 1.80 bits per heavy atom. The molecule has 1 saturated carbocycles. The van der Waals surface area contributed by atoms with Crippen LogP contribution in [0, 0.1) is 0 Å². The standard InChI is InChI=1S/C26H32ClN3O4.ClH/c1-33-17-22-16-30(26(32)34-22)21-12-8-18(9-13-21)23-4-2-3-5-24(23)28-14-15-29-25(31)19-6-10-20(27)11-7-19;/h6-13,22-24,28H,2-5,14-17H2,1H3,(H,29,31);1H/t22?,23-,24+;/m0./s1. The van der Waals surface area contributed by atoms with Gasteiger partial charge >= 0.3 is 6.09 Å². The molecule has 2 aromatic carbocycles. The van der Waals surface area contributed by atoms with Gasteiger partial charge in [0, 0.05) is 42.5 Å². The normalized spacial score (nSPS) is 21.8. The van der Waals surface area contributed by atoms with Crippen molar-refractivity contribution in [1.29, 1.82) is 0 Å². The topological polar surface area (TPSA) is 79.9 Å². The maximum Gasteiger partial charge on any atom is 0.414 e. The predicted octanol–water partition coefficient (Wildman–Crippen LogP) is 4.78. The average molecular weight is 522 g/mol. The van der Waals surface area contributed by atoms with Gasteiger partial charge in [-0.05, 0) is 60.7 Å². The van der Waals surface area contributed by atoms with Crippen molar-refractivity contribution in [2.24, 2.45) is 0 Å². The number of nitrogens with zero attached hydrogens (tertiary/aromatic N) is 1. The molecule has 7 nitrogen and oxygen atoms in total. The molecule has 2 fully saturated rings. The van der Waals surface area contributed by atoms with Crippen LogP contribution in [0.2, 0.25) is 5.02 Å². The number of halogens is 2. The zero-order chi connectivity index (χ0) is 23.9. The molecule has 0 spiro atoms. The number of nitrogens with one attached hydrogen (secondary N) is 2. The molecule has 1 aliphatic carbocycles. The van der Waals surface area contributed by atoms with E-state index < -0.39 is 0 Å². The number of ether oxygens (including phenoxy) is 2. The fourth-order valence-electron chi connectivity index (χ4n) is 4.82. The van der Waals surface area contributed by atoms with Gasteiger partial charge in [0.25, 0.3) is 5.91 Å². The molecule has 1 saturated heterocycles. The summed E-state index contributed by atoms with van der Waals surface area (Å²) < 4.78 is 10.5. The van der Waals surface area contributed by atoms with Crippen molar-refractivity contribution in [3.63, 3.8) is 0 Å². The molecule has 2 aromatic rings. The van der Waals surface area contributed by atoms with E-state index in [2.05, 4.69) is 22.8 Å². The molecule has 1 aliphatic heterocycles. The summed E-state index contributed by atoms with van der Waals surface area (Å²) in [6.45, 7) is 2.17. The first-order valence-corrected chi connectivity index (χ1v) is 12.3. The summed E-state index contributed by atoms with van der Waals surface area (Å²) in [4.78, 5) is 26.1. The van der Waals surface area contributed by atoms with Crippen LogP contribution < -0.4 is 15.5 Å². The minimum absolute atomic E-state index is 0. The maximum atomic E-state index is 12.3. The molecule has 3 atom stereocenters. The highest BCUT2D eigenvalue weighted by Gasteiger charge is 2.32. The highest BCUT2D eigenvalue weighted by atomic mass is 35.5. The van der Waals surface area contributed by atoms with Gasteiger partial charge in [0.2, 0.25) is 0 Å². The van der Waals surface area contributed by atoms with E-state index in [1.54, 1.807) is 36.3 Å². The Labute approximate surface area is 217 Å². The quantitative estimate of drug-likeness (QED) is 0.464. The van der Waals surface area contributed by atoms with Crippen molar-refractivity contribution in [3.8, 4) is 0 Å². The molecule has 2 amide bonds. The van der Waals surface area contributed by atoms with Gasteiger partial charge in [-0.25, -0.2) is 4.79 Å². The van der Waals surface area contributed by atoms with Crippen LogP contribution >= 0.6 is 24.0 Å². The summed E-state index contributed by atoms with van der Waals surface area (Å²) in [6.07, 6.45) is 4.07. The van der Waals surface area contributed by atoms with Crippen molar-refractivity contribution in [3.05, 3.63) is 64.7 Å². The third-order valence-electron chi connectivity index (χ3n) is 6.55. The largest absolute Gasteiger partial charge is 0.441 e. The van der Waals surface area contributed by atoms with Crippen LogP contribution in [-0.4, -0.2) is 57.5 Å². The number of hydrogen-bond donors (Lipinski definition) is 2. The Morgan fingerprint density at radius 1 is 1.09 bits per heavy atom. The molecule has 0 radical (unpaired) electrons. The van der Waals surface area contributed by atoms with Crippen LogP contribution in [0.4, 0.5) is 10.5 Å². The summed E-state index contributed by atoms with van der Waals surface area (Å²) in [6, 6.07) is 15.5. The number of methoxy groups -OCH3 is 1. The zero-order valence-electron chi connectivity index (χ0n) is 19.9. The smallest absolute Gasteiger partial charge is 0.414 e. The first kappa shape index (κ1) is 27.3. The number of hydrogen-bond acceptors (Lipinski definition) is 5. The monoisotopic (exact) mass is 521 g/mol. The van der Waals surface area contributed by atoms with E-state index in [4.69, 9.17) is 21.1 Å². The molecule has 0 aromatic heterocycles. The van der Waals surface area contributed by atoms with Crippen LogP contribution in [0.15, 0.2) is 48.5 Å². The van der Waals surface area contributed by atoms with E-state index in [0.29, 0.717) is 48.8 Å². The number of benzene rings is 2. The lowest BCUT2D eigenvalue weighted by Crippen LogP contribution is -2.41. The lowest BCUT2D eigenvalue weighted by molar-refractivity contribution is 0.0718. The van der Waals surface area contributed by atoms with Crippen LogP contribution in [-0.2, 0) is 9.47 Å². The van der Waals surface area contributed by atoms with E-state index in [0.717, 1.165) is 18.5 Å². The Morgan fingerprint density at radius 3 is 2.51 bits per heavy atom. The molecule has 4 rings (SSSR count). The summed E-state index contributed by atoms with van der Waals surface area (Å²) in [5.74, 6) is 0.309. The molecule has 9 heteroatoms. The highest BCUT2D eigenvalue weighted by molar-refractivity contribution is 6.30. The summed E-state index contributed by atoms with van der Waals surface area (Å²) in [5.41, 5.74) is 2.72. The number of amides is 2. The third-order valence-corrected chi connectivity index (χ3v) is 6.80. The molecule has 2 aliphatic rings. The Hall–Kier alpha value is -2.32. The van der Waals surface area contributed by atoms with Gasteiger partial charge in [-0.2, -0.15) is 0 Å². The van der Waals surface area contributed by atoms with Crippen LogP contribution in [0.1, 0.15) is 47.5 Å². The van der Waals surface area contributed by atoms with Crippen molar-refractivity contribution in [2.45, 2.75) is 43.7 Å². The van der Waals surface area contributed by atoms with Crippen LogP contribution in [0.3, 0.4) is 0 Å². The number of carbonyl (C=O) groups is 2. The second-order valence-electron chi connectivity index (χ2n) is 8.88. The summed E-state index contributed by atoms with van der Waals surface area (Å²) in [7, 11) is 1.60. The van der Waals surface area contributed by atoms with Gasteiger partial charge in [-0.1, -0.05) is 36.6 Å². The molecule has 1 unspecified atom stereocenters. The van der Waals surface area contributed by atoms with Gasteiger partial charge in [-0.15, -0.1) is 12.4 Å². The van der Waals surface area contributed by atoms with Gasteiger partial charge in [0.05, 0.1) is 13.2 Å². The molecule has 190 valence electrons. The minimum atomic E-state index is -0.326. The highest BCUT2D eigenvalue weighted by Crippen LogP contribution is 2.34. The van der Waals surface area contributed by atoms with Gasteiger partial charge in [0.1, 0.15) is 6.10 Å². The minimum Gasteiger partial charge on any atom is -0.441 e. The van der Waals surface area contributed by atoms with Crippen molar-refractivity contribution in [1.82, 2.24) is 10.6 Å². The van der Waals surface area contributed by atoms with Crippen molar-refractivity contribution >= 4 is 41.7 Å². The molecular formula is C26H33Cl2N3O4. The van der Waals surface area contributed by atoms with E-state index in [1.165, 1.54) is 18.4 Å². The van der Waals surface area contributed by atoms with Gasteiger partial charge < -0.3 is 20.1 Å². The maximum absolute atomic E-state index is 12.3. The lowest BCUT2D eigenvalue weighted by Gasteiger charge is -2.33. The summed E-state index contributed by atoms with van der Waals surface area (Å²) >= 11 is 5.89. The fourth-order valence-corrected chi connectivity index (χ4v) is 4.94. The Bertz CT molecular complexity index is 972. The molecular weight excluding hydrogens is 489 g/mol. The number of rotatable bonds is 9. The van der Waals surface area contributed by atoms with Crippen molar-refractivity contribution < 1.29 is 19.1 Å². The van der Waals surface area contributed by atoms with E-state index in [-0.39, 0.29) is 30.5 Å². The Kier molecular flexibility index (Phi) is 10.2. The Balaban J connectivity index is 0.00000342. The molecule has 1 heterocycles. The van der Waals surface area contributed by atoms with Gasteiger partial charge in [0.15, 0.2) is 0 Å². The van der Waals surface area contributed by atoms with Crippen LogP contribution in [0.25, 0.3) is 0 Å². The molecule has 0 bridgehead atoms. The first-order chi connectivity index (χ1) is 16.5. The average Bonchev–Trinajstić information content (AvgIpc) is 3.22. The van der Waals surface area contributed by atoms with Crippen LogP contribution in [0.5, 0.6) is 0 Å². The van der Waals surface area contributed by atoms with E-state index in [9.17, 15) is 9.59 Å². The number of carbonyl (C=O) groups excluding carboxylic acids is 2. The molecule has 35 heavy (non-hydrogen) atoms. The fraction of sp³-hybridized carbons (Fsp3) is 0.462. The molecule has 2 N–H and O–H groups in total. The lowest BCUT2D eigenvalue weighted by atomic mass is 9.80. The summed E-state index contributed by atoms with van der Waals surface area (Å²) in [5, 5.41) is 7.23. The van der Waals surface area contributed by atoms with E-state index >= 15 is 0 Å². The SMILES string of the molecule is COCC1CN(c2ccc([C@@H]3CCCC[C@H]3NCCNC(=O)c3ccc(Cl)cc3)cc2)C(=O)O1.Cl. The predicted molar refractivity (Wildman–Crippen MR) is 140 cm³/mol. The second kappa shape index (κ2) is 13.1. The van der Waals surface area contributed by atoms with E-state index in [1.807, 2.05) is 12.1 Å². The third kappa shape index (κ3) is 7.10.